The van der Waals surface area contributed by atoms with Crippen LogP contribution in [0.5, 0.6) is 0 Å². The van der Waals surface area contributed by atoms with E-state index in [4.69, 9.17) is 5.11 Å². The standard InChI is InChI=1S/C14H10F2O4S/c15-12-5-4-9(6-13(12)16)8-21(19,20)11-3-1-2-10(7-11)14(17)18/h1-7H,8H2,(H,17,18). The number of carbonyl (C=O) groups is 1. The van der Waals surface area contributed by atoms with Gasteiger partial charge in [-0.05, 0) is 35.9 Å². The van der Waals surface area contributed by atoms with Gasteiger partial charge in [-0.1, -0.05) is 12.1 Å². The van der Waals surface area contributed by atoms with Crippen molar-refractivity contribution >= 4 is 15.8 Å². The van der Waals surface area contributed by atoms with Gasteiger partial charge in [-0.25, -0.2) is 22.0 Å². The Balaban J connectivity index is 2.36. The number of carboxylic acid groups (broad SMARTS) is 1. The number of carboxylic acids is 1. The summed E-state index contributed by atoms with van der Waals surface area (Å²) in [4.78, 5) is 10.6. The van der Waals surface area contributed by atoms with Gasteiger partial charge in [0.2, 0.25) is 0 Å². The van der Waals surface area contributed by atoms with Gasteiger partial charge >= 0.3 is 5.97 Å². The Labute approximate surface area is 119 Å². The zero-order chi connectivity index (χ0) is 15.6. The predicted octanol–water partition coefficient (Wildman–Crippen LogP) is 2.64. The molecule has 110 valence electrons. The molecule has 0 radical (unpaired) electrons. The second kappa shape index (κ2) is 5.61. The van der Waals surface area contributed by atoms with Gasteiger partial charge in [0, 0.05) is 0 Å². The fraction of sp³-hybridized carbons (Fsp3) is 0.0714. The fourth-order valence-corrected chi connectivity index (χ4v) is 3.13. The first-order valence-electron chi connectivity index (χ1n) is 5.79. The number of aromatic carboxylic acids is 1. The average Bonchev–Trinajstić information content (AvgIpc) is 2.43. The van der Waals surface area contributed by atoms with E-state index in [2.05, 4.69) is 0 Å². The van der Waals surface area contributed by atoms with Crippen LogP contribution < -0.4 is 0 Å². The van der Waals surface area contributed by atoms with Crippen LogP contribution in [0.1, 0.15) is 15.9 Å². The Morgan fingerprint density at radius 3 is 2.38 bits per heavy atom. The SMILES string of the molecule is O=C(O)c1cccc(S(=O)(=O)Cc2ccc(F)c(F)c2)c1. The van der Waals surface area contributed by atoms with Gasteiger partial charge in [0.1, 0.15) is 0 Å². The molecule has 2 aromatic carbocycles. The van der Waals surface area contributed by atoms with Crippen molar-refractivity contribution in [2.45, 2.75) is 10.6 Å². The normalized spacial score (nSPS) is 11.3. The quantitative estimate of drug-likeness (QED) is 0.942. The summed E-state index contributed by atoms with van der Waals surface area (Å²) in [6.45, 7) is 0. The molecule has 1 N–H and O–H groups in total. The van der Waals surface area contributed by atoms with Crippen molar-refractivity contribution in [1.29, 1.82) is 0 Å². The minimum atomic E-state index is -3.85. The van der Waals surface area contributed by atoms with Crippen LogP contribution in [-0.2, 0) is 15.6 Å². The third-order valence-electron chi connectivity index (χ3n) is 2.78. The Hall–Kier alpha value is -2.28. The maximum Gasteiger partial charge on any atom is 0.335 e. The first kappa shape index (κ1) is 15.1. The van der Waals surface area contributed by atoms with Gasteiger partial charge in [-0.3, -0.25) is 0 Å². The summed E-state index contributed by atoms with van der Waals surface area (Å²) in [7, 11) is -3.85. The van der Waals surface area contributed by atoms with Gasteiger partial charge in [0.15, 0.2) is 21.5 Å². The molecule has 4 nitrogen and oxygen atoms in total. The number of hydrogen-bond acceptors (Lipinski definition) is 3. The van der Waals surface area contributed by atoms with E-state index in [1.165, 1.54) is 18.2 Å². The largest absolute Gasteiger partial charge is 0.478 e. The highest BCUT2D eigenvalue weighted by atomic mass is 32.2. The van der Waals surface area contributed by atoms with Crippen LogP contribution in [0.25, 0.3) is 0 Å². The molecular weight excluding hydrogens is 302 g/mol. The summed E-state index contributed by atoms with van der Waals surface area (Å²) in [5, 5.41) is 8.85. The van der Waals surface area contributed by atoms with Gasteiger partial charge in [0.25, 0.3) is 0 Å². The molecule has 0 saturated heterocycles. The van der Waals surface area contributed by atoms with Gasteiger partial charge in [0.05, 0.1) is 16.2 Å². The van der Waals surface area contributed by atoms with Crippen molar-refractivity contribution in [2.75, 3.05) is 0 Å². The van der Waals surface area contributed by atoms with E-state index in [0.717, 1.165) is 24.3 Å². The summed E-state index contributed by atoms with van der Waals surface area (Å²) in [5.41, 5.74) is -0.0870. The van der Waals surface area contributed by atoms with Crippen molar-refractivity contribution in [1.82, 2.24) is 0 Å². The van der Waals surface area contributed by atoms with E-state index in [1.807, 2.05) is 0 Å². The number of rotatable bonds is 4. The fourth-order valence-electron chi connectivity index (χ4n) is 1.75. The Bertz CT molecular complexity index is 800. The summed E-state index contributed by atoms with van der Waals surface area (Å²) in [5.74, 6) is -4.00. The monoisotopic (exact) mass is 312 g/mol. The van der Waals surface area contributed by atoms with Crippen LogP contribution in [-0.4, -0.2) is 19.5 Å². The number of halogens is 2. The summed E-state index contributed by atoms with van der Waals surface area (Å²) in [6.07, 6.45) is 0. The molecule has 0 bridgehead atoms. The summed E-state index contributed by atoms with van der Waals surface area (Å²) < 4.78 is 50.2. The second-order valence-corrected chi connectivity index (χ2v) is 6.33. The molecule has 21 heavy (non-hydrogen) atoms. The molecule has 0 unspecified atom stereocenters. The number of sulfone groups is 1. The van der Waals surface area contributed by atoms with E-state index < -0.39 is 33.2 Å². The van der Waals surface area contributed by atoms with Crippen LogP contribution >= 0.6 is 0 Å². The topological polar surface area (TPSA) is 71.4 Å². The van der Waals surface area contributed by atoms with Crippen LogP contribution in [0.3, 0.4) is 0 Å². The maximum absolute atomic E-state index is 13.1. The van der Waals surface area contributed by atoms with E-state index in [0.29, 0.717) is 0 Å². The zero-order valence-electron chi connectivity index (χ0n) is 10.6. The van der Waals surface area contributed by atoms with Crippen LogP contribution in [0.15, 0.2) is 47.4 Å². The predicted molar refractivity (Wildman–Crippen MR) is 70.6 cm³/mol. The minimum Gasteiger partial charge on any atom is -0.478 e. The summed E-state index contributed by atoms with van der Waals surface area (Å²) in [6, 6.07) is 7.65. The van der Waals surface area contributed by atoms with Crippen molar-refractivity contribution in [3.05, 3.63) is 65.2 Å². The lowest BCUT2D eigenvalue weighted by Crippen LogP contribution is -2.07. The highest BCUT2D eigenvalue weighted by molar-refractivity contribution is 7.90. The molecular formula is C14H10F2O4S. The molecule has 0 aromatic heterocycles. The molecule has 7 heteroatoms. The maximum atomic E-state index is 13.1. The molecule has 0 atom stereocenters. The number of benzene rings is 2. The van der Waals surface area contributed by atoms with Crippen LogP contribution in [0.4, 0.5) is 8.78 Å². The lowest BCUT2D eigenvalue weighted by molar-refractivity contribution is 0.0696. The lowest BCUT2D eigenvalue weighted by Gasteiger charge is -2.06. The molecule has 0 aliphatic heterocycles. The Morgan fingerprint density at radius 1 is 1.05 bits per heavy atom. The van der Waals surface area contributed by atoms with Crippen molar-refractivity contribution < 1.29 is 27.1 Å². The number of hydrogen-bond donors (Lipinski definition) is 1. The van der Waals surface area contributed by atoms with E-state index >= 15 is 0 Å². The highest BCUT2D eigenvalue weighted by Crippen LogP contribution is 2.19. The van der Waals surface area contributed by atoms with E-state index in [1.54, 1.807) is 0 Å². The van der Waals surface area contributed by atoms with Gasteiger partial charge in [-0.2, -0.15) is 0 Å². The lowest BCUT2D eigenvalue weighted by atomic mass is 10.2. The highest BCUT2D eigenvalue weighted by Gasteiger charge is 2.18. The van der Waals surface area contributed by atoms with Gasteiger partial charge in [-0.15, -0.1) is 0 Å². The van der Waals surface area contributed by atoms with Crippen molar-refractivity contribution in [2.24, 2.45) is 0 Å². The molecule has 2 rings (SSSR count). The first-order chi connectivity index (χ1) is 9.79. The van der Waals surface area contributed by atoms with Crippen molar-refractivity contribution in [3.63, 3.8) is 0 Å². The molecule has 0 heterocycles. The minimum absolute atomic E-state index is 0.0784. The molecule has 0 aliphatic rings. The molecule has 0 fully saturated rings. The smallest absolute Gasteiger partial charge is 0.335 e. The van der Waals surface area contributed by atoms with Crippen LogP contribution in [0, 0.1) is 11.6 Å². The zero-order valence-corrected chi connectivity index (χ0v) is 11.4. The van der Waals surface area contributed by atoms with E-state index in [-0.39, 0.29) is 16.0 Å². The molecule has 0 saturated carbocycles. The van der Waals surface area contributed by atoms with Gasteiger partial charge < -0.3 is 5.11 Å². The average molecular weight is 312 g/mol. The third kappa shape index (κ3) is 3.43. The molecule has 0 aliphatic carbocycles. The second-order valence-electron chi connectivity index (χ2n) is 4.34. The van der Waals surface area contributed by atoms with Crippen molar-refractivity contribution in [3.8, 4) is 0 Å². The first-order valence-corrected chi connectivity index (χ1v) is 7.45. The molecule has 0 spiro atoms. The molecule has 0 amide bonds. The summed E-state index contributed by atoms with van der Waals surface area (Å²) >= 11 is 0. The van der Waals surface area contributed by atoms with Crippen LogP contribution in [0.2, 0.25) is 0 Å². The molecule has 2 aromatic rings. The van der Waals surface area contributed by atoms with E-state index in [9.17, 15) is 22.0 Å². The third-order valence-corrected chi connectivity index (χ3v) is 4.47. The Morgan fingerprint density at radius 2 is 1.76 bits per heavy atom. The Kier molecular flexibility index (Phi) is 4.04.